The van der Waals surface area contributed by atoms with Gasteiger partial charge in [0.25, 0.3) is 0 Å². The Morgan fingerprint density at radius 1 is 1.41 bits per heavy atom. The summed E-state index contributed by atoms with van der Waals surface area (Å²) < 4.78 is 17.8. The van der Waals surface area contributed by atoms with E-state index in [1.165, 1.54) is 6.92 Å². The lowest BCUT2D eigenvalue weighted by Crippen LogP contribution is -2.59. The number of aliphatic hydroxyl groups is 1. The van der Waals surface area contributed by atoms with Gasteiger partial charge in [-0.25, -0.2) is 0 Å². The first-order valence-electron chi connectivity index (χ1n) is 8.08. The molecule has 0 spiro atoms. The number of esters is 1. The van der Waals surface area contributed by atoms with Crippen LogP contribution in [0.5, 0.6) is 0 Å². The lowest BCUT2D eigenvalue weighted by molar-refractivity contribution is -0.163. The molecule has 2 aliphatic heterocycles. The smallest absolute Gasteiger partial charge is 0.302 e. The average molecular weight is 330 g/mol. The van der Waals surface area contributed by atoms with Gasteiger partial charge in [-0.15, -0.1) is 0 Å². The van der Waals surface area contributed by atoms with Crippen LogP contribution in [0.15, 0.2) is 0 Å². The van der Waals surface area contributed by atoms with E-state index < -0.39 is 20.0 Å². The number of rotatable bonds is 4. The van der Waals surface area contributed by atoms with Gasteiger partial charge in [0.05, 0.1) is 18.3 Å². The average Bonchev–Trinajstić information content (AvgIpc) is 2.82. The van der Waals surface area contributed by atoms with E-state index in [0.29, 0.717) is 0 Å². The van der Waals surface area contributed by atoms with Crippen LogP contribution in [-0.4, -0.2) is 49.9 Å². The minimum Gasteiger partial charge on any atom is -0.463 e. The molecule has 0 aromatic rings. The van der Waals surface area contributed by atoms with Crippen LogP contribution < -0.4 is 0 Å². The molecule has 5 unspecified atom stereocenters. The Morgan fingerprint density at radius 3 is 2.45 bits per heavy atom. The lowest BCUT2D eigenvalue weighted by Gasteiger charge is -2.44. The van der Waals surface area contributed by atoms with Crippen molar-refractivity contribution in [3.05, 3.63) is 0 Å². The van der Waals surface area contributed by atoms with Gasteiger partial charge in [-0.2, -0.15) is 0 Å². The molecule has 22 heavy (non-hydrogen) atoms. The summed E-state index contributed by atoms with van der Waals surface area (Å²) in [6.45, 7) is 14.3. The van der Waals surface area contributed by atoms with Gasteiger partial charge in [0.2, 0.25) is 0 Å². The van der Waals surface area contributed by atoms with Crippen molar-refractivity contribution in [2.24, 2.45) is 5.92 Å². The molecule has 1 N–H and O–H groups in total. The van der Waals surface area contributed by atoms with E-state index in [-0.39, 0.29) is 35.7 Å². The fourth-order valence-electron chi connectivity index (χ4n) is 3.15. The summed E-state index contributed by atoms with van der Waals surface area (Å²) in [6.07, 6.45) is -0.156. The molecule has 2 saturated heterocycles. The molecular formula is C16H30O5Si. The number of fused-ring (bicyclic) bond motifs is 2. The van der Waals surface area contributed by atoms with Crippen LogP contribution in [0.4, 0.5) is 0 Å². The van der Waals surface area contributed by atoms with Gasteiger partial charge < -0.3 is 19.0 Å². The summed E-state index contributed by atoms with van der Waals surface area (Å²) in [5.74, 6) is -0.325. The van der Waals surface area contributed by atoms with Gasteiger partial charge in [-0.05, 0) is 18.1 Å². The third kappa shape index (κ3) is 2.86. The van der Waals surface area contributed by atoms with Gasteiger partial charge in [-0.3, -0.25) is 4.79 Å². The van der Waals surface area contributed by atoms with Crippen molar-refractivity contribution < 1.29 is 23.8 Å². The van der Waals surface area contributed by atoms with E-state index in [2.05, 4.69) is 33.9 Å². The normalized spacial score (nSPS) is 38.4. The fourth-order valence-corrected chi connectivity index (χ4v) is 4.51. The summed E-state index contributed by atoms with van der Waals surface area (Å²) in [5, 5.41) is 10.7. The van der Waals surface area contributed by atoms with Crippen molar-refractivity contribution in [2.45, 2.75) is 83.1 Å². The van der Waals surface area contributed by atoms with Crippen LogP contribution in [0.3, 0.4) is 0 Å². The Kier molecular flexibility index (Phi) is 4.54. The Morgan fingerprint density at radius 2 is 2.00 bits per heavy atom. The van der Waals surface area contributed by atoms with E-state index in [0.717, 1.165) is 6.42 Å². The largest absolute Gasteiger partial charge is 0.463 e. The number of carbonyl (C=O) groups excluding carboxylic acids is 1. The molecule has 2 bridgehead atoms. The standard InChI is InChI=1S/C16H30O5Si/c1-10-12-8-13(21-22(6,7)15(3,4)5)16(20-12,14(10)18)9-19-11(2)17/h10,12-14,18H,8-9H2,1-7H3. The Labute approximate surface area is 134 Å². The van der Waals surface area contributed by atoms with Crippen molar-refractivity contribution in [2.75, 3.05) is 6.61 Å². The molecule has 0 radical (unpaired) electrons. The molecule has 2 fully saturated rings. The minimum atomic E-state index is -1.99. The van der Waals surface area contributed by atoms with E-state index in [4.69, 9.17) is 13.9 Å². The quantitative estimate of drug-likeness (QED) is 0.634. The maximum absolute atomic E-state index is 11.2. The van der Waals surface area contributed by atoms with E-state index >= 15 is 0 Å². The number of aliphatic hydroxyl groups excluding tert-OH is 1. The molecule has 6 heteroatoms. The Bertz CT molecular complexity index is 444. The number of hydrogen-bond donors (Lipinski definition) is 1. The molecule has 5 nitrogen and oxygen atoms in total. The number of ether oxygens (including phenoxy) is 2. The summed E-state index contributed by atoms with van der Waals surface area (Å²) in [7, 11) is -1.99. The number of hydrogen-bond acceptors (Lipinski definition) is 5. The SMILES string of the molecule is CC(=O)OCC12OC(CC1O[Si](C)(C)C(C)(C)C)C(C)C2O. The first kappa shape index (κ1) is 17.9. The summed E-state index contributed by atoms with van der Waals surface area (Å²) in [6, 6.07) is 0. The van der Waals surface area contributed by atoms with Crippen LogP contribution >= 0.6 is 0 Å². The highest BCUT2D eigenvalue weighted by atomic mass is 28.4. The van der Waals surface area contributed by atoms with Gasteiger partial charge in [0.1, 0.15) is 6.61 Å². The number of carbonyl (C=O) groups is 1. The molecule has 0 amide bonds. The molecule has 2 heterocycles. The molecule has 0 aromatic heterocycles. The highest BCUT2D eigenvalue weighted by Gasteiger charge is 2.65. The second-order valence-corrected chi connectivity index (χ2v) is 13.1. The van der Waals surface area contributed by atoms with Crippen molar-refractivity contribution in [3.8, 4) is 0 Å². The van der Waals surface area contributed by atoms with Crippen molar-refractivity contribution in [1.29, 1.82) is 0 Å². The van der Waals surface area contributed by atoms with Crippen LogP contribution in [0, 0.1) is 5.92 Å². The second-order valence-electron chi connectivity index (χ2n) is 8.30. The van der Waals surface area contributed by atoms with Crippen LogP contribution in [0.1, 0.15) is 41.0 Å². The molecular weight excluding hydrogens is 300 g/mol. The fraction of sp³-hybridized carbons (Fsp3) is 0.938. The Balaban J connectivity index is 2.22. The van der Waals surface area contributed by atoms with Gasteiger partial charge in [0, 0.05) is 19.3 Å². The maximum Gasteiger partial charge on any atom is 0.302 e. The summed E-state index contributed by atoms with van der Waals surface area (Å²) in [5.41, 5.74) is -0.911. The van der Waals surface area contributed by atoms with Crippen molar-refractivity contribution >= 4 is 14.3 Å². The molecule has 128 valence electrons. The molecule has 0 saturated carbocycles. The highest BCUT2D eigenvalue weighted by Crippen LogP contribution is 2.51. The zero-order valence-electron chi connectivity index (χ0n) is 14.8. The van der Waals surface area contributed by atoms with Gasteiger partial charge >= 0.3 is 5.97 Å². The molecule has 0 aliphatic carbocycles. The molecule has 0 aromatic carbocycles. The third-order valence-electron chi connectivity index (χ3n) is 5.69. The highest BCUT2D eigenvalue weighted by molar-refractivity contribution is 6.74. The molecule has 5 atom stereocenters. The van der Waals surface area contributed by atoms with E-state index in [9.17, 15) is 9.90 Å². The monoisotopic (exact) mass is 330 g/mol. The molecule has 2 aliphatic rings. The first-order chi connectivity index (χ1) is 9.91. The zero-order chi connectivity index (χ0) is 16.9. The lowest BCUT2D eigenvalue weighted by atomic mass is 9.78. The Hall–Kier alpha value is -0.433. The zero-order valence-corrected chi connectivity index (χ0v) is 15.8. The topological polar surface area (TPSA) is 65.0 Å². The maximum atomic E-state index is 11.2. The molecule has 2 rings (SSSR count). The predicted octanol–water partition coefficient (Wildman–Crippen LogP) is 2.48. The summed E-state index contributed by atoms with van der Waals surface area (Å²) >= 11 is 0. The minimum absolute atomic E-state index is 0.0275. The third-order valence-corrected chi connectivity index (χ3v) is 10.2. The van der Waals surface area contributed by atoms with Gasteiger partial charge in [-0.1, -0.05) is 27.7 Å². The van der Waals surface area contributed by atoms with E-state index in [1.807, 2.05) is 6.92 Å². The van der Waals surface area contributed by atoms with Crippen LogP contribution in [0.25, 0.3) is 0 Å². The van der Waals surface area contributed by atoms with Crippen molar-refractivity contribution in [1.82, 2.24) is 0 Å². The van der Waals surface area contributed by atoms with Gasteiger partial charge in [0.15, 0.2) is 13.9 Å². The predicted molar refractivity (Wildman–Crippen MR) is 86.1 cm³/mol. The van der Waals surface area contributed by atoms with Crippen LogP contribution in [-0.2, 0) is 18.7 Å². The van der Waals surface area contributed by atoms with E-state index in [1.54, 1.807) is 0 Å². The summed E-state index contributed by atoms with van der Waals surface area (Å²) in [4.78, 5) is 11.2. The van der Waals surface area contributed by atoms with Crippen LogP contribution in [0.2, 0.25) is 18.1 Å². The first-order valence-corrected chi connectivity index (χ1v) is 11.0. The second kappa shape index (κ2) is 5.58. The van der Waals surface area contributed by atoms with Crippen molar-refractivity contribution in [3.63, 3.8) is 0 Å².